The maximum atomic E-state index is 11.4. The van der Waals surface area contributed by atoms with E-state index in [2.05, 4.69) is 45.2 Å². The second kappa shape index (κ2) is 7.86. The Hall–Kier alpha value is -2.10. The van der Waals surface area contributed by atoms with E-state index in [4.69, 9.17) is 0 Å². The first-order valence-electron chi connectivity index (χ1n) is 11.6. The number of allylic oxidation sites excluding steroid dienone is 4. The van der Waals surface area contributed by atoms with Crippen LogP contribution in [-0.4, -0.2) is 11.5 Å². The zero-order valence-electron chi connectivity index (χ0n) is 18.9. The zero-order valence-corrected chi connectivity index (χ0v) is 18.9. The van der Waals surface area contributed by atoms with Crippen LogP contribution in [0.15, 0.2) is 47.6 Å². The number of para-hydroxylation sites is 2. The van der Waals surface area contributed by atoms with Crippen LogP contribution in [-0.2, 0) is 0 Å². The minimum atomic E-state index is -0.286. The Bertz CT molecular complexity index is 887. The lowest BCUT2D eigenvalue weighted by Gasteiger charge is -2.58. The quantitative estimate of drug-likeness (QED) is 0.416. The van der Waals surface area contributed by atoms with Crippen molar-refractivity contribution >= 4 is 11.4 Å². The molecule has 0 heterocycles. The van der Waals surface area contributed by atoms with Crippen molar-refractivity contribution in [1.82, 2.24) is 0 Å². The number of rotatable bonds is 5. The number of nitrogens with one attached hydrogen (secondary N) is 1. The van der Waals surface area contributed by atoms with Gasteiger partial charge in [0.2, 0.25) is 0 Å². The summed E-state index contributed by atoms with van der Waals surface area (Å²) in [6.07, 6.45) is 12.4. The van der Waals surface area contributed by atoms with E-state index >= 15 is 0 Å². The van der Waals surface area contributed by atoms with Crippen molar-refractivity contribution < 1.29 is 4.92 Å². The highest BCUT2D eigenvalue weighted by Gasteiger charge is 2.54. The van der Waals surface area contributed by atoms with Crippen LogP contribution in [0.25, 0.3) is 0 Å². The Morgan fingerprint density at radius 3 is 2.73 bits per heavy atom. The molecule has 1 N–H and O–H groups in total. The largest absolute Gasteiger partial charge is 0.379 e. The number of fused-ring (bicyclic) bond motifs is 3. The summed E-state index contributed by atoms with van der Waals surface area (Å²) in [5.41, 5.74) is 4.46. The van der Waals surface area contributed by atoms with Gasteiger partial charge in [-0.25, -0.2) is 0 Å². The maximum Gasteiger partial charge on any atom is 0.292 e. The summed E-state index contributed by atoms with van der Waals surface area (Å²) < 4.78 is 0. The summed E-state index contributed by atoms with van der Waals surface area (Å²) >= 11 is 0. The van der Waals surface area contributed by atoms with Crippen LogP contribution in [0.1, 0.15) is 66.2 Å². The Kier molecular flexibility index (Phi) is 5.54. The molecule has 0 radical (unpaired) electrons. The first kappa shape index (κ1) is 21.1. The van der Waals surface area contributed by atoms with E-state index in [1.165, 1.54) is 32.1 Å². The Morgan fingerprint density at radius 1 is 1.23 bits per heavy atom. The molecule has 4 heteroatoms. The van der Waals surface area contributed by atoms with Gasteiger partial charge >= 0.3 is 0 Å². The molecule has 0 amide bonds. The van der Waals surface area contributed by atoms with Gasteiger partial charge < -0.3 is 5.32 Å². The Labute approximate surface area is 181 Å². The molecule has 1 unspecified atom stereocenters. The molecule has 4 atom stereocenters. The monoisotopic (exact) mass is 408 g/mol. The molecule has 30 heavy (non-hydrogen) atoms. The predicted octanol–water partition coefficient (Wildman–Crippen LogP) is 7.14. The smallest absolute Gasteiger partial charge is 0.292 e. The van der Waals surface area contributed by atoms with Crippen LogP contribution >= 0.6 is 0 Å². The van der Waals surface area contributed by atoms with Crippen LogP contribution in [0.4, 0.5) is 11.4 Å². The van der Waals surface area contributed by atoms with E-state index in [-0.39, 0.29) is 16.0 Å². The summed E-state index contributed by atoms with van der Waals surface area (Å²) in [5, 5.41) is 14.9. The van der Waals surface area contributed by atoms with Gasteiger partial charge in [0.25, 0.3) is 5.69 Å². The van der Waals surface area contributed by atoms with Crippen molar-refractivity contribution in [3.05, 3.63) is 57.7 Å². The van der Waals surface area contributed by atoms with Gasteiger partial charge in [-0.05, 0) is 72.3 Å². The van der Waals surface area contributed by atoms with E-state index in [1.54, 1.807) is 23.3 Å². The number of nitro groups is 1. The van der Waals surface area contributed by atoms with Crippen molar-refractivity contribution in [2.75, 3.05) is 11.9 Å². The fourth-order valence-corrected chi connectivity index (χ4v) is 6.76. The number of nitro benzene ring substituents is 1. The topological polar surface area (TPSA) is 55.2 Å². The number of hydrogen-bond acceptors (Lipinski definition) is 3. The molecule has 3 aliphatic rings. The van der Waals surface area contributed by atoms with E-state index in [0.29, 0.717) is 28.9 Å². The van der Waals surface area contributed by atoms with Gasteiger partial charge in [0, 0.05) is 12.6 Å². The average molecular weight is 409 g/mol. The standard InChI is InChI=1S/C26H36N2O2/c1-18(2)19-10-12-21-20(16-19)11-13-24-25(3,14-7-15-26(21,24)4)17-27-22-8-5-6-9-23(22)28(29)30/h5-6,8-9,11,16,18,21,24,27H,7,10,12-15,17H2,1-4H3/t21-,24?,25-,26-/m1/s1. The van der Waals surface area contributed by atoms with Gasteiger partial charge in [-0.3, -0.25) is 10.1 Å². The molecular formula is C26H36N2O2. The molecule has 162 valence electrons. The minimum Gasteiger partial charge on any atom is -0.379 e. The molecule has 0 spiro atoms. The van der Waals surface area contributed by atoms with Crippen molar-refractivity contribution in [2.45, 2.75) is 66.2 Å². The summed E-state index contributed by atoms with van der Waals surface area (Å²) in [4.78, 5) is 11.1. The fraction of sp³-hybridized carbons (Fsp3) is 0.615. The lowest BCUT2D eigenvalue weighted by molar-refractivity contribution is -0.384. The summed E-state index contributed by atoms with van der Waals surface area (Å²) in [5.74, 6) is 1.90. The number of anilines is 1. The molecular weight excluding hydrogens is 372 g/mol. The SMILES string of the molecule is CC(C)C1=CC2=CCC3[C@@](C)(CNc4ccccc4[N+](=O)[O-])CCC[C@]3(C)[C@@H]2CC1. The van der Waals surface area contributed by atoms with Crippen LogP contribution in [0.3, 0.4) is 0 Å². The fourth-order valence-electron chi connectivity index (χ4n) is 6.76. The lowest BCUT2D eigenvalue weighted by Crippen LogP contribution is -2.52. The van der Waals surface area contributed by atoms with E-state index in [9.17, 15) is 10.1 Å². The van der Waals surface area contributed by atoms with E-state index in [1.807, 2.05) is 12.1 Å². The predicted molar refractivity (Wildman–Crippen MR) is 123 cm³/mol. The highest BCUT2D eigenvalue weighted by atomic mass is 16.6. The van der Waals surface area contributed by atoms with Crippen molar-refractivity contribution in [1.29, 1.82) is 0 Å². The van der Waals surface area contributed by atoms with Crippen LogP contribution < -0.4 is 5.32 Å². The van der Waals surface area contributed by atoms with Crippen LogP contribution in [0, 0.1) is 38.7 Å². The first-order chi connectivity index (χ1) is 14.2. The highest BCUT2D eigenvalue weighted by Crippen LogP contribution is 2.62. The molecule has 1 saturated carbocycles. The third kappa shape index (κ3) is 3.59. The number of benzene rings is 1. The summed E-state index contributed by atoms with van der Waals surface area (Å²) in [6.45, 7) is 10.4. The lowest BCUT2D eigenvalue weighted by atomic mass is 9.47. The van der Waals surface area contributed by atoms with Gasteiger partial charge in [0.1, 0.15) is 5.69 Å². The summed E-state index contributed by atoms with van der Waals surface area (Å²) in [6, 6.07) is 7.03. The van der Waals surface area contributed by atoms with Crippen molar-refractivity contribution in [2.24, 2.45) is 28.6 Å². The molecule has 0 aromatic heterocycles. The van der Waals surface area contributed by atoms with Gasteiger partial charge in [-0.2, -0.15) is 0 Å². The van der Waals surface area contributed by atoms with Gasteiger partial charge in [0.05, 0.1) is 4.92 Å². The number of hydrogen-bond donors (Lipinski definition) is 1. The third-order valence-electron chi connectivity index (χ3n) is 8.49. The number of nitrogens with zero attached hydrogens (tertiary/aromatic N) is 1. The molecule has 4 nitrogen and oxygen atoms in total. The molecule has 1 aromatic carbocycles. The van der Waals surface area contributed by atoms with Crippen LogP contribution in [0.5, 0.6) is 0 Å². The van der Waals surface area contributed by atoms with E-state index in [0.717, 1.165) is 13.0 Å². The van der Waals surface area contributed by atoms with Crippen molar-refractivity contribution in [3.8, 4) is 0 Å². The molecule has 0 saturated heterocycles. The highest BCUT2D eigenvalue weighted by molar-refractivity contribution is 5.61. The third-order valence-corrected chi connectivity index (χ3v) is 8.49. The normalized spacial score (nSPS) is 33.2. The molecule has 0 bridgehead atoms. The van der Waals surface area contributed by atoms with Crippen molar-refractivity contribution in [3.63, 3.8) is 0 Å². The zero-order chi connectivity index (χ0) is 21.5. The minimum absolute atomic E-state index is 0.140. The van der Waals surface area contributed by atoms with Gasteiger partial charge in [0.15, 0.2) is 0 Å². The Balaban J connectivity index is 1.59. The molecule has 3 aliphatic carbocycles. The first-order valence-corrected chi connectivity index (χ1v) is 11.6. The second-order valence-corrected chi connectivity index (χ2v) is 10.6. The molecule has 1 aromatic rings. The van der Waals surface area contributed by atoms with Crippen LogP contribution in [0.2, 0.25) is 0 Å². The average Bonchev–Trinajstić information content (AvgIpc) is 2.72. The molecule has 4 rings (SSSR count). The maximum absolute atomic E-state index is 11.4. The van der Waals surface area contributed by atoms with Gasteiger partial charge in [-0.1, -0.05) is 64.0 Å². The molecule has 1 fully saturated rings. The van der Waals surface area contributed by atoms with Gasteiger partial charge in [-0.15, -0.1) is 0 Å². The summed E-state index contributed by atoms with van der Waals surface area (Å²) in [7, 11) is 0. The second-order valence-electron chi connectivity index (χ2n) is 10.6. The molecule has 0 aliphatic heterocycles. The van der Waals surface area contributed by atoms with E-state index < -0.39 is 0 Å². The Morgan fingerprint density at radius 2 is 2.00 bits per heavy atom.